The van der Waals surface area contributed by atoms with Gasteiger partial charge in [0, 0.05) is 19.6 Å². The van der Waals surface area contributed by atoms with Crippen LogP contribution in [-0.2, 0) is 11.2 Å². The van der Waals surface area contributed by atoms with Gasteiger partial charge >= 0.3 is 0 Å². The highest BCUT2D eigenvalue weighted by molar-refractivity contribution is 5.75. The van der Waals surface area contributed by atoms with Crippen LogP contribution in [0.5, 0.6) is 11.5 Å². The largest absolute Gasteiger partial charge is 0.493 e. The molecule has 1 aliphatic heterocycles. The lowest BCUT2D eigenvalue weighted by Gasteiger charge is -2.29. The molecule has 1 aromatic heterocycles. The van der Waals surface area contributed by atoms with Crippen molar-refractivity contribution in [1.29, 1.82) is 0 Å². The molecular weight excluding hydrogens is 334 g/mol. The number of ether oxygens (including phenoxy) is 3. The summed E-state index contributed by atoms with van der Waals surface area (Å²) in [7, 11) is 3.26. The number of nitrogens with one attached hydrogen (secondary N) is 1. The summed E-state index contributed by atoms with van der Waals surface area (Å²) in [5.41, 5.74) is 7.98. The minimum Gasteiger partial charge on any atom is -0.493 e. The molecule has 0 saturated carbocycles. The van der Waals surface area contributed by atoms with Crippen LogP contribution in [-0.4, -0.2) is 57.0 Å². The quantitative estimate of drug-likeness (QED) is 0.769. The van der Waals surface area contributed by atoms with E-state index in [9.17, 15) is 0 Å². The van der Waals surface area contributed by atoms with Crippen LogP contribution >= 0.6 is 0 Å². The fraction of sp³-hybridized carbons (Fsp3) is 0.444. The first-order chi connectivity index (χ1) is 12.7. The zero-order valence-corrected chi connectivity index (χ0v) is 15.2. The topological polar surface area (TPSA) is 94.8 Å². The lowest BCUT2D eigenvalue weighted by atomic mass is 10.1. The molecular formula is C18H25N5O3. The third kappa shape index (κ3) is 4.08. The van der Waals surface area contributed by atoms with Crippen molar-refractivity contribution in [3.05, 3.63) is 30.1 Å². The molecule has 0 bridgehead atoms. The lowest BCUT2D eigenvalue weighted by Crippen LogP contribution is -2.37. The number of methoxy groups -OCH3 is 2. The van der Waals surface area contributed by atoms with Crippen LogP contribution < -0.4 is 25.4 Å². The van der Waals surface area contributed by atoms with Crippen molar-refractivity contribution in [3.8, 4) is 11.5 Å². The molecule has 1 fully saturated rings. The predicted molar refractivity (Wildman–Crippen MR) is 101 cm³/mol. The number of hydrogen-bond donors (Lipinski definition) is 2. The molecule has 1 aliphatic rings. The highest BCUT2D eigenvalue weighted by Gasteiger charge is 2.17. The van der Waals surface area contributed by atoms with Gasteiger partial charge in [0.25, 0.3) is 0 Å². The second-order valence-corrected chi connectivity index (χ2v) is 5.93. The fourth-order valence-electron chi connectivity index (χ4n) is 2.92. The van der Waals surface area contributed by atoms with E-state index in [0.29, 0.717) is 31.3 Å². The van der Waals surface area contributed by atoms with Gasteiger partial charge in [-0.25, -0.2) is 9.97 Å². The van der Waals surface area contributed by atoms with E-state index in [0.717, 1.165) is 42.4 Å². The van der Waals surface area contributed by atoms with Gasteiger partial charge in [-0.3, -0.25) is 0 Å². The molecule has 0 spiro atoms. The first-order valence-corrected chi connectivity index (χ1v) is 8.61. The van der Waals surface area contributed by atoms with Gasteiger partial charge in [0.1, 0.15) is 12.0 Å². The maximum absolute atomic E-state index is 6.27. The van der Waals surface area contributed by atoms with E-state index in [1.807, 2.05) is 18.2 Å². The number of aromatic nitrogens is 2. The normalized spacial score (nSPS) is 14.2. The van der Waals surface area contributed by atoms with Gasteiger partial charge in [-0.05, 0) is 24.1 Å². The Morgan fingerprint density at radius 1 is 1.15 bits per heavy atom. The second-order valence-electron chi connectivity index (χ2n) is 5.93. The van der Waals surface area contributed by atoms with Gasteiger partial charge in [-0.2, -0.15) is 0 Å². The highest BCUT2D eigenvalue weighted by Crippen LogP contribution is 2.28. The third-order valence-electron chi connectivity index (χ3n) is 4.33. The molecule has 140 valence electrons. The molecule has 0 amide bonds. The highest BCUT2D eigenvalue weighted by atomic mass is 16.5. The van der Waals surface area contributed by atoms with Gasteiger partial charge in [0.05, 0.1) is 27.4 Å². The van der Waals surface area contributed by atoms with E-state index in [2.05, 4.69) is 20.2 Å². The maximum Gasteiger partial charge on any atom is 0.160 e. The van der Waals surface area contributed by atoms with Gasteiger partial charge in [-0.1, -0.05) is 6.07 Å². The van der Waals surface area contributed by atoms with E-state index in [4.69, 9.17) is 19.9 Å². The molecule has 0 aliphatic carbocycles. The summed E-state index contributed by atoms with van der Waals surface area (Å²) in [6, 6.07) is 5.90. The monoisotopic (exact) mass is 359 g/mol. The Labute approximate surface area is 153 Å². The fourth-order valence-corrected chi connectivity index (χ4v) is 2.92. The summed E-state index contributed by atoms with van der Waals surface area (Å²) in [5.74, 6) is 2.86. The summed E-state index contributed by atoms with van der Waals surface area (Å²) < 4.78 is 16.0. The van der Waals surface area contributed by atoms with Gasteiger partial charge in [0.2, 0.25) is 0 Å². The minimum atomic E-state index is 0.571. The van der Waals surface area contributed by atoms with Crippen LogP contribution in [0, 0.1) is 0 Å². The molecule has 0 unspecified atom stereocenters. The Balaban J connectivity index is 1.63. The predicted octanol–water partition coefficient (Wildman–Crippen LogP) is 1.57. The number of nitrogens with zero attached hydrogens (tertiary/aromatic N) is 3. The molecule has 0 atom stereocenters. The molecule has 26 heavy (non-hydrogen) atoms. The van der Waals surface area contributed by atoms with Crippen molar-refractivity contribution in [2.75, 3.05) is 63.0 Å². The zero-order valence-electron chi connectivity index (χ0n) is 15.2. The number of nitrogens with two attached hydrogens (primary N) is 1. The van der Waals surface area contributed by atoms with Crippen molar-refractivity contribution in [2.24, 2.45) is 0 Å². The van der Waals surface area contributed by atoms with Crippen LogP contribution in [0.3, 0.4) is 0 Å². The summed E-state index contributed by atoms with van der Waals surface area (Å²) in [5, 5.41) is 3.30. The van der Waals surface area contributed by atoms with E-state index in [1.54, 1.807) is 20.5 Å². The molecule has 3 N–H and O–H groups in total. The van der Waals surface area contributed by atoms with Crippen molar-refractivity contribution in [2.45, 2.75) is 6.42 Å². The van der Waals surface area contributed by atoms with Crippen LogP contribution in [0.1, 0.15) is 5.56 Å². The summed E-state index contributed by atoms with van der Waals surface area (Å²) in [4.78, 5) is 10.7. The Hall–Kier alpha value is -2.74. The first kappa shape index (κ1) is 18.1. The number of rotatable bonds is 7. The van der Waals surface area contributed by atoms with Crippen molar-refractivity contribution < 1.29 is 14.2 Å². The molecule has 0 radical (unpaired) electrons. The van der Waals surface area contributed by atoms with Gasteiger partial charge in [0.15, 0.2) is 23.1 Å². The molecule has 3 rings (SSSR count). The molecule has 8 nitrogen and oxygen atoms in total. The van der Waals surface area contributed by atoms with E-state index < -0.39 is 0 Å². The van der Waals surface area contributed by atoms with Crippen LogP contribution in [0.25, 0.3) is 0 Å². The number of anilines is 3. The van der Waals surface area contributed by atoms with Crippen molar-refractivity contribution in [3.63, 3.8) is 0 Å². The smallest absolute Gasteiger partial charge is 0.160 e. The molecule has 1 saturated heterocycles. The Bertz CT molecular complexity index is 735. The third-order valence-corrected chi connectivity index (χ3v) is 4.33. The summed E-state index contributed by atoms with van der Waals surface area (Å²) >= 11 is 0. The molecule has 2 aromatic rings. The Morgan fingerprint density at radius 3 is 2.65 bits per heavy atom. The van der Waals surface area contributed by atoms with E-state index >= 15 is 0 Å². The Morgan fingerprint density at radius 2 is 1.92 bits per heavy atom. The average molecular weight is 359 g/mol. The van der Waals surface area contributed by atoms with Crippen molar-refractivity contribution in [1.82, 2.24) is 9.97 Å². The molecule has 1 aromatic carbocycles. The number of hydrogen-bond acceptors (Lipinski definition) is 8. The number of morpholine rings is 1. The SMILES string of the molecule is COc1ccc(CCNc2ncnc(N3CCOCC3)c2N)cc1OC. The first-order valence-electron chi connectivity index (χ1n) is 8.61. The Kier molecular flexibility index (Phi) is 5.96. The lowest BCUT2D eigenvalue weighted by molar-refractivity contribution is 0.122. The van der Waals surface area contributed by atoms with E-state index in [1.165, 1.54) is 0 Å². The van der Waals surface area contributed by atoms with Crippen molar-refractivity contribution >= 4 is 17.3 Å². The number of benzene rings is 1. The standard InChI is InChI=1S/C18H25N5O3/c1-24-14-4-3-13(11-15(14)25-2)5-6-20-17-16(19)18(22-12-21-17)23-7-9-26-10-8-23/h3-4,11-12H,5-10,19H2,1-2H3,(H,20,21,22). The molecule has 2 heterocycles. The van der Waals surface area contributed by atoms with E-state index in [-0.39, 0.29) is 0 Å². The minimum absolute atomic E-state index is 0.571. The molecule has 8 heteroatoms. The van der Waals surface area contributed by atoms with Gasteiger partial charge < -0.3 is 30.2 Å². The maximum atomic E-state index is 6.27. The number of nitrogen functional groups attached to an aromatic ring is 1. The van der Waals surface area contributed by atoms with Gasteiger partial charge in [-0.15, -0.1) is 0 Å². The van der Waals surface area contributed by atoms with Crippen LogP contribution in [0.2, 0.25) is 0 Å². The summed E-state index contributed by atoms with van der Waals surface area (Å²) in [6.45, 7) is 3.63. The van der Waals surface area contributed by atoms with Crippen LogP contribution in [0.4, 0.5) is 17.3 Å². The van der Waals surface area contributed by atoms with Crippen LogP contribution in [0.15, 0.2) is 24.5 Å². The zero-order chi connectivity index (χ0) is 18.4. The summed E-state index contributed by atoms with van der Waals surface area (Å²) in [6.07, 6.45) is 2.34. The average Bonchev–Trinajstić information content (AvgIpc) is 2.69. The second kappa shape index (κ2) is 8.57.